The van der Waals surface area contributed by atoms with E-state index in [1.54, 1.807) is 18.2 Å². The highest BCUT2D eigenvalue weighted by Crippen LogP contribution is 2.40. The molecule has 0 aromatic heterocycles. The normalized spacial score (nSPS) is 15.4. The van der Waals surface area contributed by atoms with Gasteiger partial charge in [-0.2, -0.15) is 22.0 Å². The molecule has 0 heterocycles. The van der Waals surface area contributed by atoms with Crippen LogP contribution in [0.4, 0.5) is 22.0 Å². The van der Waals surface area contributed by atoms with E-state index in [1.165, 1.54) is 22.8 Å². The summed E-state index contributed by atoms with van der Waals surface area (Å²) >= 11 is 0. The number of allylic oxidation sites excluding steroid dienone is 3. The van der Waals surface area contributed by atoms with Crippen LogP contribution in [0.5, 0.6) is 5.75 Å². The van der Waals surface area contributed by atoms with Crippen LogP contribution in [0.2, 0.25) is 0 Å². The summed E-state index contributed by atoms with van der Waals surface area (Å²) in [4.78, 5) is 2.43. The first kappa shape index (κ1) is 37.9. The minimum absolute atomic E-state index is 0.248. The lowest BCUT2D eigenvalue weighted by Crippen LogP contribution is -2.35. The van der Waals surface area contributed by atoms with Crippen LogP contribution in [0.1, 0.15) is 80.9 Å². The molecule has 1 N–H and O–H groups in total. The van der Waals surface area contributed by atoms with Crippen LogP contribution in [-0.4, -0.2) is 66.9 Å². The molecule has 0 fully saturated rings. The molecule has 12 heteroatoms. The Labute approximate surface area is 272 Å². The van der Waals surface area contributed by atoms with E-state index in [9.17, 15) is 39.7 Å². The van der Waals surface area contributed by atoms with Crippen molar-refractivity contribution in [3.63, 3.8) is 0 Å². The summed E-state index contributed by atoms with van der Waals surface area (Å²) in [6.07, 6.45) is 3.04. The molecular formula is C34H44F5NO4S2. The number of nitrogens with zero attached hydrogens (tertiary/aromatic N) is 1. The summed E-state index contributed by atoms with van der Waals surface area (Å²) in [6.45, 7) is 1.56. The molecule has 0 spiro atoms. The number of hydrogen-bond acceptors (Lipinski definition) is 5. The topological polar surface area (TPSA) is 74.7 Å². The zero-order valence-corrected chi connectivity index (χ0v) is 28.1. The highest BCUT2D eigenvalue weighted by Gasteiger charge is 2.56. The summed E-state index contributed by atoms with van der Waals surface area (Å²) in [5.41, 5.74) is 5.75. The lowest BCUT2D eigenvalue weighted by molar-refractivity contribution is -0.283. The number of benzene rings is 2. The highest BCUT2D eigenvalue weighted by atomic mass is 32.2. The number of aryl methyl sites for hydroxylation is 1. The van der Waals surface area contributed by atoms with Crippen molar-refractivity contribution in [2.45, 2.75) is 87.6 Å². The van der Waals surface area contributed by atoms with E-state index in [2.05, 4.69) is 4.90 Å². The SMILES string of the molecule is CN(CCCCCCC1=C(c2ccc(S(C)(=O)=O)cc2)CCCc2cc(O)ccc21)CCCS(=O)/C=C\CCC(F)(F)C(F)(F)F. The molecule has 1 unspecified atom stereocenters. The lowest BCUT2D eigenvalue weighted by Gasteiger charge is -2.18. The number of phenolic OH excluding ortho intramolecular Hbond substituents is 1. The number of sulfone groups is 1. The maximum Gasteiger partial charge on any atom is 0.453 e. The average Bonchev–Trinajstić information content (AvgIpc) is 3.15. The predicted molar refractivity (Wildman–Crippen MR) is 175 cm³/mol. The molecule has 2 aromatic carbocycles. The van der Waals surface area contributed by atoms with Crippen LogP contribution in [0.25, 0.3) is 11.1 Å². The van der Waals surface area contributed by atoms with Crippen molar-refractivity contribution in [3.05, 3.63) is 70.6 Å². The third kappa shape index (κ3) is 11.6. The van der Waals surface area contributed by atoms with Crippen molar-refractivity contribution in [2.75, 3.05) is 32.1 Å². The van der Waals surface area contributed by atoms with Gasteiger partial charge in [-0.3, -0.25) is 4.21 Å². The van der Waals surface area contributed by atoms with Crippen LogP contribution in [-0.2, 0) is 27.1 Å². The molecule has 5 nitrogen and oxygen atoms in total. The standard InChI is InChI=1S/C34H44F5NO4S2/c1-40(22-10-24-45(42)23-8-6-20-33(35,36)34(37,38)39)21-7-4-3-5-12-32-30(26-14-17-29(18-15-26)46(2,43)44)13-9-11-27-25-28(41)16-19-31(27)32/h8,14-19,23,25,41H,3-7,9-13,20-22,24H2,1-2H3/b23-8-. The maximum absolute atomic E-state index is 12.9. The predicted octanol–water partition coefficient (Wildman–Crippen LogP) is 8.56. The van der Waals surface area contributed by atoms with Gasteiger partial charge in [0.2, 0.25) is 0 Å². The first-order valence-electron chi connectivity index (χ1n) is 15.6. The number of fused-ring (bicyclic) bond motifs is 1. The Morgan fingerprint density at radius 3 is 2.28 bits per heavy atom. The fourth-order valence-electron chi connectivity index (χ4n) is 5.63. The maximum atomic E-state index is 12.9. The van der Waals surface area contributed by atoms with E-state index < -0.39 is 45.6 Å². The van der Waals surface area contributed by atoms with Gasteiger partial charge in [0.05, 0.1) is 4.90 Å². The number of alkyl halides is 5. The van der Waals surface area contributed by atoms with Crippen molar-refractivity contribution in [1.82, 2.24) is 4.90 Å². The van der Waals surface area contributed by atoms with Crippen molar-refractivity contribution < 1.29 is 39.7 Å². The number of rotatable bonds is 17. The Bertz CT molecular complexity index is 1490. The molecule has 1 atom stereocenters. The first-order valence-corrected chi connectivity index (χ1v) is 18.9. The second-order valence-electron chi connectivity index (χ2n) is 12.0. The summed E-state index contributed by atoms with van der Waals surface area (Å²) in [5.74, 6) is -4.19. The van der Waals surface area contributed by atoms with Crippen LogP contribution < -0.4 is 0 Å². The van der Waals surface area contributed by atoms with Crippen molar-refractivity contribution >= 4 is 31.8 Å². The Morgan fingerprint density at radius 1 is 0.935 bits per heavy atom. The van der Waals surface area contributed by atoms with Gasteiger partial charge in [-0.25, -0.2) is 8.42 Å². The Hall–Kier alpha value is -2.57. The van der Waals surface area contributed by atoms with Gasteiger partial charge < -0.3 is 10.0 Å². The second-order valence-corrected chi connectivity index (χ2v) is 15.4. The zero-order valence-electron chi connectivity index (χ0n) is 26.4. The van der Waals surface area contributed by atoms with E-state index in [0.717, 1.165) is 80.7 Å². The minimum Gasteiger partial charge on any atom is -0.508 e. The van der Waals surface area contributed by atoms with Gasteiger partial charge in [0, 0.05) is 29.2 Å². The molecule has 1 aliphatic carbocycles. The molecular weight excluding hydrogens is 646 g/mol. The summed E-state index contributed by atoms with van der Waals surface area (Å²) in [5, 5.41) is 11.3. The fraction of sp³-hybridized carbons (Fsp3) is 0.529. The third-order valence-corrected chi connectivity index (χ3v) is 10.5. The summed E-state index contributed by atoms with van der Waals surface area (Å²) < 4.78 is 98.5. The number of halogens is 5. The number of aromatic hydroxyl groups is 1. The average molecular weight is 690 g/mol. The van der Waals surface area contributed by atoms with E-state index in [4.69, 9.17) is 0 Å². The molecule has 256 valence electrons. The van der Waals surface area contributed by atoms with Gasteiger partial charge >= 0.3 is 12.1 Å². The number of hydrogen-bond donors (Lipinski definition) is 1. The summed E-state index contributed by atoms with van der Waals surface area (Å²) in [6, 6.07) is 12.6. The molecule has 0 saturated heterocycles. The summed E-state index contributed by atoms with van der Waals surface area (Å²) in [7, 11) is -2.73. The van der Waals surface area contributed by atoms with E-state index in [-0.39, 0.29) is 5.75 Å². The first-order chi connectivity index (χ1) is 21.6. The van der Waals surface area contributed by atoms with E-state index in [0.29, 0.717) is 23.6 Å². The molecule has 2 aromatic rings. The number of unbranched alkanes of at least 4 members (excludes halogenated alkanes) is 3. The highest BCUT2D eigenvalue weighted by molar-refractivity contribution is 7.90. The van der Waals surface area contributed by atoms with E-state index in [1.807, 2.05) is 31.3 Å². The van der Waals surface area contributed by atoms with Gasteiger partial charge in [0.15, 0.2) is 9.84 Å². The van der Waals surface area contributed by atoms with Gasteiger partial charge in [-0.1, -0.05) is 37.1 Å². The van der Waals surface area contributed by atoms with Gasteiger partial charge in [0.1, 0.15) is 5.75 Å². The molecule has 0 bridgehead atoms. The molecule has 0 saturated carbocycles. The van der Waals surface area contributed by atoms with Crippen LogP contribution in [0.15, 0.2) is 58.8 Å². The quantitative estimate of drug-likeness (QED) is 0.133. The zero-order chi connectivity index (χ0) is 34.0. The van der Waals surface area contributed by atoms with E-state index >= 15 is 0 Å². The molecule has 3 rings (SSSR count). The molecule has 0 aliphatic heterocycles. The molecule has 46 heavy (non-hydrogen) atoms. The smallest absolute Gasteiger partial charge is 0.453 e. The lowest BCUT2D eigenvalue weighted by atomic mass is 9.89. The van der Waals surface area contributed by atoms with Crippen molar-refractivity contribution in [3.8, 4) is 5.75 Å². The third-order valence-electron chi connectivity index (χ3n) is 8.17. The van der Waals surface area contributed by atoms with Crippen LogP contribution in [0, 0.1) is 0 Å². The van der Waals surface area contributed by atoms with Crippen molar-refractivity contribution in [1.29, 1.82) is 0 Å². The minimum atomic E-state index is -5.57. The molecule has 0 amide bonds. The molecule has 1 aliphatic rings. The number of phenols is 1. The van der Waals surface area contributed by atoms with Crippen molar-refractivity contribution in [2.24, 2.45) is 0 Å². The van der Waals surface area contributed by atoms with Crippen LogP contribution in [0.3, 0.4) is 0 Å². The Kier molecular flexibility index (Phi) is 14.0. The Morgan fingerprint density at radius 2 is 1.61 bits per heavy atom. The van der Waals surface area contributed by atoms with Gasteiger partial charge in [-0.05, 0) is 129 Å². The monoisotopic (exact) mass is 689 g/mol. The molecule has 0 radical (unpaired) electrons. The largest absolute Gasteiger partial charge is 0.508 e. The fourth-order valence-corrected chi connectivity index (χ4v) is 7.16. The second kappa shape index (κ2) is 17.0. The van der Waals surface area contributed by atoms with Crippen LogP contribution >= 0.6 is 0 Å². The van der Waals surface area contributed by atoms with Gasteiger partial charge in [-0.15, -0.1) is 0 Å². The van der Waals surface area contributed by atoms with Gasteiger partial charge in [0.25, 0.3) is 0 Å². The Balaban J connectivity index is 1.46.